The highest BCUT2D eigenvalue weighted by molar-refractivity contribution is 7.90. The number of nitrogens with zero attached hydrogens (tertiary/aromatic N) is 3. The summed E-state index contributed by atoms with van der Waals surface area (Å²) in [5.74, 6) is 0.405. The number of carbonyl (C=O) groups excluding carboxylic acids is 1. The Balaban J connectivity index is 2.09. The number of anilines is 3. The molecule has 0 atom stereocenters. The van der Waals surface area contributed by atoms with Crippen molar-refractivity contribution >= 4 is 33.1 Å². The first-order valence-corrected chi connectivity index (χ1v) is 11.7. The molecule has 10 heteroatoms. The van der Waals surface area contributed by atoms with Gasteiger partial charge >= 0.3 is 0 Å². The van der Waals surface area contributed by atoms with E-state index in [4.69, 9.17) is 5.73 Å². The Morgan fingerprint density at radius 3 is 2.34 bits per heavy atom. The second-order valence-electron chi connectivity index (χ2n) is 8.22. The van der Waals surface area contributed by atoms with Gasteiger partial charge in [0.1, 0.15) is 11.6 Å². The van der Waals surface area contributed by atoms with E-state index in [9.17, 15) is 13.2 Å². The highest BCUT2D eigenvalue weighted by Gasteiger charge is 2.17. The van der Waals surface area contributed by atoms with E-state index in [1.54, 1.807) is 31.5 Å². The Morgan fingerprint density at radius 2 is 1.78 bits per heavy atom. The molecule has 0 fully saturated rings. The predicted molar refractivity (Wildman–Crippen MR) is 124 cm³/mol. The van der Waals surface area contributed by atoms with Crippen LogP contribution in [0.4, 0.5) is 17.3 Å². The lowest BCUT2D eigenvalue weighted by Crippen LogP contribution is -2.28. The van der Waals surface area contributed by atoms with Crippen LogP contribution in [-0.2, 0) is 20.2 Å². The van der Waals surface area contributed by atoms with Crippen molar-refractivity contribution in [3.63, 3.8) is 0 Å². The van der Waals surface area contributed by atoms with E-state index >= 15 is 0 Å². The third kappa shape index (κ3) is 5.65. The van der Waals surface area contributed by atoms with Crippen LogP contribution in [0.2, 0.25) is 0 Å². The lowest BCUT2D eigenvalue weighted by Gasteiger charge is -2.19. The number of rotatable bonds is 6. The molecule has 0 aliphatic rings. The molecule has 0 radical (unpaired) electrons. The molecule has 9 nitrogen and oxygen atoms in total. The maximum atomic E-state index is 12.0. The van der Waals surface area contributed by atoms with E-state index in [2.05, 4.69) is 25.6 Å². The van der Waals surface area contributed by atoms with Gasteiger partial charge in [-0.1, -0.05) is 6.07 Å². The van der Waals surface area contributed by atoms with Crippen molar-refractivity contribution in [2.45, 2.75) is 38.3 Å². The zero-order chi connectivity index (χ0) is 23.7. The minimum absolute atomic E-state index is 0.0367. The minimum atomic E-state index is -3.49. The molecule has 3 heterocycles. The lowest BCUT2D eigenvalue weighted by molar-refractivity contribution is -0.114. The molecule has 3 aromatic heterocycles. The molecule has 0 aliphatic carbocycles. The molecule has 0 saturated heterocycles. The predicted octanol–water partition coefficient (Wildman–Crippen LogP) is 3.15. The molecule has 0 saturated carbocycles. The van der Waals surface area contributed by atoms with Gasteiger partial charge in [-0.3, -0.25) is 9.78 Å². The molecule has 0 aromatic carbocycles. The summed E-state index contributed by atoms with van der Waals surface area (Å²) in [6, 6.07) is 8.59. The number of hydrogen-bond donors (Lipinski definition) is 3. The topological polar surface area (TPSA) is 140 Å². The van der Waals surface area contributed by atoms with Gasteiger partial charge in [0.25, 0.3) is 0 Å². The van der Waals surface area contributed by atoms with E-state index in [1.165, 1.54) is 13.0 Å². The number of nitrogens with one attached hydrogen (secondary N) is 2. The summed E-state index contributed by atoms with van der Waals surface area (Å²) in [6.07, 6.45) is 4.39. The minimum Gasteiger partial charge on any atom is -0.339 e. The van der Waals surface area contributed by atoms with Gasteiger partial charge in [0.2, 0.25) is 5.91 Å². The second-order valence-corrected chi connectivity index (χ2v) is 10.2. The molecule has 0 unspecified atom stereocenters. The van der Waals surface area contributed by atoms with Crippen LogP contribution in [0.1, 0.15) is 31.9 Å². The Hall–Kier alpha value is -3.37. The third-order valence-electron chi connectivity index (χ3n) is 4.58. The van der Waals surface area contributed by atoms with Crippen LogP contribution < -0.4 is 16.4 Å². The van der Waals surface area contributed by atoms with Crippen LogP contribution in [0.15, 0.2) is 47.8 Å². The number of hydrogen-bond acceptors (Lipinski definition) is 8. The number of sulfone groups is 1. The van der Waals surface area contributed by atoms with Crippen LogP contribution in [0.5, 0.6) is 0 Å². The second kappa shape index (κ2) is 8.64. The molecule has 1 amide bonds. The van der Waals surface area contributed by atoms with Gasteiger partial charge in [-0.15, -0.1) is 0 Å². The summed E-state index contributed by atoms with van der Waals surface area (Å²) in [5, 5.41) is 5.76. The van der Waals surface area contributed by atoms with Crippen LogP contribution in [0, 0.1) is 6.92 Å². The Morgan fingerprint density at radius 1 is 1.06 bits per heavy atom. The normalized spacial score (nSPS) is 11.8. The molecule has 0 bridgehead atoms. The van der Waals surface area contributed by atoms with Crippen LogP contribution in [-0.4, -0.2) is 35.5 Å². The van der Waals surface area contributed by atoms with E-state index in [-0.39, 0.29) is 10.9 Å². The fourth-order valence-electron chi connectivity index (χ4n) is 2.97. The van der Waals surface area contributed by atoms with E-state index in [0.717, 1.165) is 17.4 Å². The zero-order valence-electron chi connectivity index (χ0n) is 18.6. The SMILES string of the molecule is CC(=O)Nc1cc(Nc2cc(C)cc(S(C)(=O)=O)n2)c(-c2ccc(C(C)(C)N)cn2)cn1. The summed E-state index contributed by atoms with van der Waals surface area (Å²) in [6.45, 7) is 6.96. The van der Waals surface area contributed by atoms with E-state index < -0.39 is 15.4 Å². The molecule has 3 rings (SSSR count). The molecular weight excluding hydrogens is 428 g/mol. The highest BCUT2D eigenvalue weighted by atomic mass is 32.2. The molecule has 3 aromatic rings. The van der Waals surface area contributed by atoms with Gasteiger partial charge in [0.15, 0.2) is 14.9 Å². The Kier molecular flexibility index (Phi) is 6.29. The number of nitrogens with two attached hydrogens (primary N) is 1. The summed E-state index contributed by atoms with van der Waals surface area (Å²) in [7, 11) is -3.49. The van der Waals surface area contributed by atoms with Crippen molar-refractivity contribution in [1.29, 1.82) is 0 Å². The summed E-state index contributed by atoms with van der Waals surface area (Å²) >= 11 is 0. The standard InChI is InChI=1S/C22H26N6O3S/c1-13-8-20(28-21(9-13)32(5,30)31)27-18-10-19(26-14(2)29)25-12-16(18)17-7-6-15(11-24-17)22(3,4)23/h6-12H,23H2,1-5H3,(H2,25,26,27,28,29). The molecule has 0 aliphatic heterocycles. The third-order valence-corrected chi connectivity index (χ3v) is 5.55. The maximum Gasteiger partial charge on any atom is 0.222 e. The van der Waals surface area contributed by atoms with Crippen LogP contribution in [0.25, 0.3) is 11.3 Å². The monoisotopic (exact) mass is 454 g/mol. The van der Waals surface area contributed by atoms with Gasteiger partial charge in [0, 0.05) is 42.7 Å². The number of pyridine rings is 3. The first-order chi connectivity index (χ1) is 14.8. The zero-order valence-corrected chi connectivity index (χ0v) is 19.4. The number of aromatic nitrogens is 3. The Labute approximate surface area is 187 Å². The molecule has 168 valence electrons. The quantitative estimate of drug-likeness (QED) is 0.516. The summed E-state index contributed by atoms with van der Waals surface area (Å²) < 4.78 is 24.0. The molecule has 32 heavy (non-hydrogen) atoms. The largest absolute Gasteiger partial charge is 0.339 e. The van der Waals surface area contributed by atoms with Crippen molar-refractivity contribution in [3.8, 4) is 11.3 Å². The average molecular weight is 455 g/mol. The van der Waals surface area contributed by atoms with Crippen molar-refractivity contribution in [2.75, 3.05) is 16.9 Å². The molecule has 0 spiro atoms. The average Bonchev–Trinajstić information content (AvgIpc) is 2.66. The van der Waals surface area contributed by atoms with Gasteiger partial charge in [-0.25, -0.2) is 18.4 Å². The summed E-state index contributed by atoms with van der Waals surface area (Å²) in [5.41, 5.74) is 9.03. The van der Waals surface area contributed by atoms with Crippen LogP contribution in [0.3, 0.4) is 0 Å². The number of carbonyl (C=O) groups is 1. The molecular formula is C22H26N6O3S. The van der Waals surface area contributed by atoms with Gasteiger partial charge in [0.05, 0.1) is 11.4 Å². The van der Waals surface area contributed by atoms with Crippen molar-refractivity contribution in [3.05, 3.63) is 53.9 Å². The first kappa shape index (κ1) is 23.3. The fraction of sp³-hybridized carbons (Fsp3) is 0.273. The van der Waals surface area contributed by atoms with Crippen molar-refractivity contribution in [2.24, 2.45) is 5.73 Å². The number of amides is 1. The van der Waals surface area contributed by atoms with Crippen molar-refractivity contribution in [1.82, 2.24) is 15.0 Å². The summed E-state index contributed by atoms with van der Waals surface area (Å²) in [4.78, 5) is 24.5. The van der Waals surface area contributed by atoms with Gasteiger partial charge in [-0.2, -0.15) is 0 Å². The first-order valence-electron chi connectivity index (χ1n) is 9.82. The smallest absolute Gasteiger partial charge is 0.222 e. The van der Waals surface area contributed by atoms with Gasteiger partial charge in [-0.05, 0) is 50.1 Å². The van der Waals surface area contributed by atoms with Gasteiger partial charge < -0.3 is 16.4 Å². The maximum absolute atomic E-state index is 12.0. The molecule has 4 N–H and O–H groups in total. The Bertz CT molecular complexity index is 1270. The number of aryl methyl sites for hydroxylation is 1. The fourth-order valence-corrected chi connectivity index (χ4v) is 3.64. The highest BCUT2D eigenvalue weighted by Crippen LogP contribution is 2.31. The van der Waals surface area contributed by atoms with E-state index in [0.29, 0.717) is 28.6 Å². The van der Waals surface area contributed by atoms with E-state index in [1.807, 2.05) is 26.0 Å². The van der Waals surface area contributed by atoms with Crippen molar-refractivity contribution < 1.29 is 13.2 Å². The lowest BCUT2D eigenvalue weighted by atomic mass is 9.97. The van der Waals surface area contributed by atoms with Crippen LogP contribution >= 0.6 is 0 Å².